The van der Waals surface area contributed by atoms with Crippen molar-refractivity contribution in [2.45, 2.75) is 44.3 Å². The van der Waals surface area contributed by atoms with E-state index >= 15 is 0 Å². The zero-order chi connectivity index (χ0) is 14.9. The van der Waals surface area contributed by atoms with Gasteiger partial charge in [0.05, 0.1) is 24.7 Å². The van der Waals surface area contributed by atoms with E-state index in [1.54, 1.807) is 0 Å². The number of likely N-dealkylation sites (tertiary alicyclic amines) is 1. The summed E-state index contributed by atoms with van der Waals surface area (Å²) in [6.07, 6.45) is -0.441. The van der Waals surface area contributed by atoms with E-state index in [1.807, 2.05) is 0 Å². The molecule has 2 fully saturated rings. The predicted octanol–water partition coefficient (Wildman–Crippen LogP) is 0.813. The Morgan fingerprint density at radius 3 is 2.45 bits per heavy atom. The summed E-state index contributed by atoms with van der Waals surface area (Å²) >= 11 is 0. The Hall–Kier alpha value is -1.99. The van der Waals surface area contributed by atoms with E-state index in [1.165, 1.54) is 16.7 Å². The third-order valence-electron chi connectivity index (χ3n) is 3.98. The average Bonchev–Trinajstić information content (AvgIpc) is 2.67. The molecule has 0 spiro atoms. The summed E-state index contributed by atoms with van der Waals surface area (Å²) in [5.74, 6) is -0.429. The molecule has 2 heterocycles. The van der Waals surface area contributed by atoms with Crippen LogP contribution >= 0.6 is 0 Å². The van der Waals surface area contributed by atoms with Crippen LogP contribution in [0.25, 0.3) is 0 Å². The van der Waals surface area contributed by atoms with Crippen LogP contribution in [0.5, 0.6) is 0 Å². The number of carbonyl (C=O) groups excluding carboxylic acids is 1. The summed E-state index contributed by atoms with van der Waals surface area (Å²) in [6.45, 7) is 1.56. The molecule has 0 unspecified atom stereocenters. The first-order valence-corrected chi connectivity index (χ1v) is 6.56. The quantitative estimate of drug-likeness (QED) is 0.743. The van der Waals surface area contributed by atoms with Gasteiger partial charge in [-0.1, -0.05) is 0 Å². The number of amides is 2. The highest BCUT2D eigenvalue weighted by atomic mass is 16.5. The smallest absolute Gasteiger partial charge is 0.407 e. The Bertz CT molecular complexity index is 426. The highest BCUT2D eigenvalue weighted by Gasteiger charge is 2.49. The number of esters is 1. The molecule has 2 bridgehead atoms. The molecule has 8 heteroatoms. The molecule has 2 aliphatic heterocycles. The van der Waals surface area contributed by atoms with Crippen LogP contribution in [0.3, 0.4) is 0 Å². The molecule has 0 radical (unpaired) electrons. The summed E-state index contributed by atoms with van der Waals surface area (Å²) in [5, 5.41) is 18.5. The van der Waals surface area contributed by atoms with Gasteiger partial charge in [-0.25, -0.2) is 9.59 Å². The molecule has 2 N–H and O–H groups in total. The fraction of sp³-hybridized carbons (Fsp3) is 0.750. The molecule has 8 nitrogen and oxygen atoms in total. The van der Waals surface area contributed by atoms with Crippen LogP contribution in [-0.2, 0) is 9.53 Å². The summed E-state index contributed by atoms with van der Waals surface area (Å²) in [6, 6.07) is -1.07. The fourth-order valence-corrected chi connectivity index (χ4v) is 3.23. The van der Waals surface area contributed by atoms with Gasteiger partial charge in [0.25, 0.3) is 0 Å². The van der Waals surface area contributed by atoms with Crippen LogP contribution in [-0.4, -0.2) is 69.4 Å². The molecule has 0 aromatic rings. The first-order chi connectivity index (χ1) is 9.41. The van der Waals surface area contributed by atoms with E-state index in [4.69, 9.17) is 4.74 Å². The molecule has 0 saturated carbocycles. The lowest BCUT2D eigenvalue weighted by Crippen LogP contribution is -2.62. The fourth-order valence-electron chi connectivity index (χ4n) is 3.23. The van der Waals surface area contributed by atoms with Crippen molar-refractivity contribution in [3.63, 3.8) is 0 Å². The number of fused-ring (bicyclic) bond motifs is 2. The first kappa shape index (κ1) is 14.4. The van der Waals surface area contributed by atoms with E-state index in [0.717, 1.165) is 0 Å². The second kappa shape index (κ2) is 5.56. The minimum absolute atomic E-state index is 0.0956. The van der Waals surface area contributed by atoms with E-state index < -0.39 is 24.2 Å². The van der Waals surface area contributed by atoms with Crippen molar-refractivity contribution in [2.75, 3.05) is 13.2 Å². The SMILES string of the molecule is CC(=O)OCC[C@@H]1[C@@H]2CC[C@H](CN1C(=O)O)N2C(=O)O. The molecule has 2 amide bonds. The molecule has 112 valence electrons. The Kier molecular flexibility index (Phi) is 4.01. The molecule has 0 aromatic carbocycles. The predicted molar refractivity (Wildman–Crippen MR) is 66.4 cm³/mol. The maximum Gasteiger partial charge on any atom is 0.407 e. The highest BCUT2D eigenvalue weighted by molar-refractivity contribution is 5.70. The zero-order valence-electron chi connectivity index (χ0n) is 11.2. The lowest BCUT2D eigenvalue weighted by atomic mass is 10.0. The van der Waals surface area contributed by atoms with Crippen molar-refractivity contribution < 1.29 is 29.3 Å². The molecule has 0 aromatic heterocycles. The normalized spacial score (nSPS) is 28.4. The largest absolute Gasteiger partial charge is 0.466 e. The van der Waals surface area contributed by atoms with E-state index in [9.17, 15) is 24.6 Å². The van der Waals surface area contributed by atoms with Crippen molar-refractivity contribution in [2.24, 2.45) is 0 Å². The maximum absolute atomic E-state index is 11.3. The number of nitrogens with zero attached hydrogens (tertiary/aromatic N) is 2. The number of hydrogen-bond donors (Lipinski definition) is 2. The topological polar surface area (TPSA) is 107 Å². The van der Waals surface area contributed by atoms with E-state index in [-0.39, 0.29) is 25.2 Å². The number of rotatable bonds is 3. The van der Waals surface area contributed by atoms with Gasteiger partial charge >= 0.3 is 18.2 Å². The zero-order valence-corrected chi connectivity index (χ0v) is 11.2. The Labute approximate surface area is 115 Å². The van der Waals surface area contributed by atoms with Crippen molar-refractivity contribution in [3.8, 4) is 0 Å². The Balaban J connectivity index is 2.11. The Morgan fingerprint density at radius 2 is 1.90 bits per heavy atom. The van der Waals surface area contributed by atoms with Gasteiger partial charge in [-0.2, -0.15) is 0 Å². The molecule has 2 rings (SSSR count). The van der Waals surface area contributed by atoms with Crippen molar-refractivity contribution in [1.82, 2.24) is 9.80 Å². The van der Waals surface area contributed by atoms with Gasteiger partial charge in [0, 0.05) is 19.9 Å². The number of carboxylic acid groups (broad SMARTS) is 2. The third-order valence-corrected chi connectivity index (χ3v) is 3.98. The van der Waals surface area contributed by atoms with Crippen LogP contribution in [0.15, 0.2) is 0 Å². The second-order valence-electron chi connectivity index (χ2n) is 5.12. The van der Waals surface area contributed by atoms with Crippen LogP contribution in [0.2, 0.25) is 0 Å². The van der Waals surface area contributed by atoms with Crippen molar-refractivity contribution in [1.29, 1.82) is 0 Å². The van der Waals surface area contributed by atoms with Gasteiger partial charge in [-0.15, -0.1) is 0 Å². The molecule has 0 aliphatic carbocycles. The van der Waals surface area contributed by atoms with Gasteiger partial charge in [-0.05, 0) is 12.8 Å². The number of ether oxygens (including phenoxy) is 1. The van der Waals surface area contributed by atoms with Crippen LogP contribution < -0.4 is 0 Å². The van der Waals surface area contributed by atoms with Gasteiger partial charge in [0.2, 0.25) is 0 Å². The van der Waals surface area contributed by atoms with E-state index in [0.29, 0.717) is 19.3 Å². The Morgan fingerprint density at radius 1 is 1.20 bits per heavy atom. The molecule has 20 heavy (non-hydrogen) atoms. The van der Waals surface area contributed by atoms with Crippen molar-refractivity contribution in [3.05, 3.63) is 0 Å². The molecule has 2 aliphatic rings. The van der Waals surface area contributed by atoms with Gasteiger partial charge in [-0.3, -0.25) is 9.69 Å². The molecular weight excluding hydrogens is 268 g/mol. The van der Waals surface area contributed by atoms with Gasteiger partial charge in [0.15, 0.2) is 0 Å². The van der Waals surface area contributed by atoms with Crippen LogP contribution in [0.4, 0.5) is 9.59 Å². The lowest BCUT2D eigenvalue weighted by Gasteiger charge is -2.44. The standard InChI is InChI=1S/C12H18N2O6/c1-7(15)20-5-4-9-10-3-2-8(14(10)12(18)19)6-13(9)11(16)17/h8-10H,2-6H2,1H3,(H,16,17)(H,18,19)/t8-,9-,10+/m1/s1. The molecule has 3 atom stereocenters. The lowest BCUT2D eigenvalue weighted by molar-refractivity contribution is -0.141. The number of hydrogen-bond acceptors (Lipinski definition) is 4. The minimum Gasteiger partial charge on any atom is -0.466 e. The molecule has 2 saturated heterocycles. The third kappa shape index (κ3) is 2.63. The van der Waals surface area contributed by atoms with Gasteiger partial charge < -0.3 is 19.8 Å². The molecular formula is C12H18N2O6. The van der Waals surface area contributed by atoms with Gasteiger partial charge in [0.1, 0.15) is 0 Å². The average molecular weight is 286 g/mol. The van der Waals surface area contributed by atoms with Crippen LogP contribution in [0, 0.1) is 0 Å². The summed E-state index contributed by atoms with van der Waals surface area (Å²) in [7, 11) is 0. The summed E-state index contributed by atoms with van der Waals surface area (Å²) in [5.41, 5.74) is 0. The minimum atomic E-state index is -1.06. The first-order valence-electron chi connectivity index (χ1n) is 6.56. The summed E-state index contributed by atoms with van der Waals surface area (Å²) < 4.78 is 4.85. The summed E-state index contributed by atoms with van der Waals surface area (Å²) in [4.78, 5) is 36.0. The number of carbonyl (C=O) groups is 3. The second-order valence-corrected chi connectivity index (χ2v) is 5.12. The van der Waals surface area contributed by atoms with Crippen molar-refractivity contribution >= 4 is 18.2 Å². The maximum atomic E-state index is 11.3. The van der Waals surface area contributed by atoms with E-state index in [2.05, 4.69) is 0 Å². The van der Waals surface area contributed by atoms with Crippen LogP contribution in [0.1, 0.15) is 26.2 Å². The highest BCUT2D eigenvalue weighted by Crippen LogP contribution is 2.35. The number of piperazine rings is 1. The monoisotopic (exact) mass is 286 g/mol.